The number of anilines is 2. The highest BCUT2D eigenvalue weighted by Gasteiger charge is 2.18. The lowest BCUT2D eigenvalue weighted by molar-refractivity contribution is 0.413. The normalized spacial score (nSPS) is 12.2. The molecule has 0 radical (unpaired) electrons. The zero-order chi connectivity index (χ0) is 22.5. The van der Waals surface area contributed by atoms with Crippen LogP contribution in [0, 0.1) is 6.92 Å². The molecule has 0 amide bonds. The van der Waals surface area contributed by atoms with E-state index in [-0.39, 0.29) is 5.92 Å². The third kappa shape index (κ3) is 5.09. The van der Waals surface area contributed by atoms with Crippen molar-refractivity contribution in [3.8, 4) is 11.4 Å². The molecule has 0 bridgehead atoms. The number of benzene rings is 1. The van der Waals surface area contributed by atoms with Crippen molar-refractivity contribution in [1.29, 1.82) is 0 Å². The lowest BCUT2D eigenvalue weighted by Crippen LogP contribution is -2.08. The van der Waals surface area contributed by atoms with Crippen molar-refractivity contribution < 1.29 is 9.13 Å². The minimum Gasteiger partial charge on any atom is -0.494 e. The third-order valence-corrected chi connectivity index (χ3v) is 4.85. The van der Waals surface area contributed by atoms with Crippen molar-refractivity contribution in [2.24, 2.45) is 0 Å². The van der Waals surface area contributed by atoms with E-state index in [2.05, 4.69) is 33.5 Å². The summed E-state index contributed by atoms with van der Waals surface area (Å²) in [6.07, 6.45) is 6.58. The van der Waals surface area contributed by atoms with Gasteiger partial charge in [0.2, 0.25) is 5.95 Å². The Bertz CT molecular complexity index is 1130. The highest BCUT2D eigenvalue weighted by Crippen LogP contribution is 2.29. The highest BCUT2D eigenvalue weighted by molar-refractivity contribution is 5.62. The van der Waals surface area contributed by atoms with Gasteiger partial charge >= 0.3 is 0 Å². The van der Waals surface area contributed by atoms with Gasteiger partial charge < -0.3 is 14.6 Å². The summed E-state index contributed by atoms with van der Waals surface area (Å²) in [6, 6.07) is 5.76. The summed E-state index contributed by atoms with van der Waals surface area (Å²) < 4.78 is 22.2. The van der Waals surface area contributed by atoms with Crippen molar-refractivity contribution >= 4 is 11.6 Å². The SMILES string of the molecule is C=C(F)/C=C\C(=C)C(C)c1nc(Nc2ccc(-n3cnc(C)c3)c(OC)c2)nn1CC. The number of hydrogen-bond donors (Lipinski definition) is 1. The number of rotatable bonds is 9. The number of nitrogens with one attached hydrogen (secondary N) is 1. The Morgan fingerprint density at radius 3 is 2.71 bits per heavy atom. The summed E-state index contributed by atoms with van der Waals surface area (Å²) in [7, 11) is 1.63. The van der Waals surface area contributed by atoms with Gasteiger partial charge in [-0.15, -0.1) is 5.10 Å². The molecule has 0 aliphatic heterocycles. The average molecular weight is 423 g/mol. The van der Waals surface area contributed by atoms with Gasteiger partial charge in [-0.2, -0.15) is 4.98 Å². The molecule has 0 saturated heterocycles. The van der Waals surface area contributed by atoms with E-state index in [1.165, 1.54) is 6.08 Å². The zero-order valence-electron chi connectivity index (χ0n) is 18.3. The van der Waals surface area contributed by atoms with Gasteiger partial charge in [0.05, 0.1) is 24.8 Å². The second kappa shape index (κ2) is 9.42. The largest absolute Gasteiger partial charge is 0.494 e. The summed E-state index contributed by atoms with van der Waals surface area (Å²) in [5.41, 5.74) is 3.31. The van der Waals surface area contributed by atoms with E-state index in [9.17, 15) is 4.39 Å². The van der Waals surface area contributed by atoms with Crippen LogP contribution in [0.1, 0.15) is 31.3 Å². The van der Waals surface area contributed by atoms with Crippen LogP contribution in [0.15, 0.2) is 67.4 Å². The maximum Gasteiger partial charge on any atom is 0.246 e. The summed E-state index contributed by atoms with van der Waals surface area (Å²) >= 11 is 0. The fourth-order valence-corrected chi connectivity index (χ4v) is 3.12. The van der Waals surface area contributed by atoms with Crippen LogP contribution < -0.4 is 10.1 Å². The predicted octanol–water partition coefficient (Wildman–Crippen LogP) is 5.24. The minimum atomic E-state index is -0.518. The van der Waals surface area contributed by atoms with Gasteiger partial charge in [-0.05, 0) is 37.6 Å². The van der Waals surface area contributed by atoms with Crippen LogP contribution in [0.25, 0.3) is 5.69 Å². The van der Waals surface area contributed by atoms with Crippen LogP contribution in [0.2, 0.25) is 0 Å². The number of aromatic nitrogens is 5. The number of hydrogen-bond acceptors (Lipinski definition) is 5. The summed E-state index contributed by atoms with van der Waals surface area (Å²) in [5, 5.41) is 7.78. The van der Waals surface area contributed by atoms with Crippen LogP contribution in [-0.2, 0) is 6.54 Å². The second-order valence-corrected chi connectivity index (χ2v) is 7.12. The first kappa shape index (κ1) is 22.0. The molecule has 1 atom stereocenters. The summed E-state index contributed by atoms with van der Waals surface area (Å²) in [6.45, 7) is 13.8. The molecule has 1 unspecified atom stereocenters. The number of imidazole rings is 1. The number of ether oxygens (including phenoxy) is 1. The lowest BCUT2D eigenvalue weighted by Gasteiger charge is -2.11. The number of halogens is 1. The lowest BCUT2D eigenvalue weighted by atomic mass is 10.0. The van der Waals surface area contributed by atoms with E-state index in [1.54, 1.807) is 24.2 Å². The maximum absolute atomic E-state index is 12.9. The van der Waals surface area contributed by atoms with Gasteiger partial charge in [-0.1, -0.05) is 26.2 Å². The van der Waals surface area contributed by atoms with Gasteiger partial charge in [-0.25, -0.2) is 14.1 Å². The van der Waals surface area contributed by atoms with Gasteiger partial charge in [0.25, 0.3) is 0 Å². The minimum absolute atomic E-state index is 0.139. The third-order valence-electron chi connectivity index (χ3n) is 4.85. The van der Waals surface area contributed by atoms with Crippen LogP contribution in [0.4, 0.5) is 16.0 Å². The molecular weight excluding hydrogens is 395 g/mol. The first-order valence-corrected chi connectivity index (χ1v) is 9.94. The van der Waals surface area contributed by atoms with Crippen LogP contribution in [0.3, 0.4) is 0 Å². The molecular formula is C23H27FN6O. The molecule has 1 aromatic carbocycles. The standard InChI is InChI=1S/C23H27FN6O/c1-7-30-22(18(5)15(2)8-9-16(3)24)27-23(28-30)26-19-10-11-20(21(12-19)31-6)29-13-17(4)25-14-29/h8-14,18H,2-3,7H2,1,4-6H3,(H,26,28)/b9-8-. The molecule has 31 heavy (non-hydrogen) atoms. The molecule has 0 spiro atoms. The van der Waals surface area contributed by atoms with E-state index < -0.39 is 5.83 Å². The van der Waals surface area contributed by atoms with Gasteiger partial charge in [0.1, 0.15) is 17.4 Å². The number of allylic oxidation sites excluding steroid dienone is 4. The van der Waals surface area contributed by atoms with Crippen molar-refractivity contribution in [1.82, 2.24) is 24.3 Å². The maximum atomic E-state index is 12.9. The Morgan fingerprint density at radius 1 is 1.32 bits per heavy atom. The molecule has 7 nitrogen and oxygen atoms in total. The molecule has 3 aromatic rings. The quantitative estimate of drug-likeness (QED) is 0.477. The molecule has 8 heteroatoms. The Balaban J connectivity index is 1.84. The number of aryl methyl sites for hydroxylation is 2. The molecule has 3 rings (SSSR count). The highest BCUT2D eigenvalue weighted by atomic mass is 19.1. The smallest absolute Gasteiger partial charge is 0.246 e. The van der Waals surface area contributed by atoms with Crippen molar-refractivity contribution in [3.05, 3.63) is 79.0 Å². The molecule has 162 valence electrons. The van der Waals surface area contributed by atoms with Crippen molar-refractivity contribution in [2.45, 2.75) is 33.2 Å². The fourth-order valence-electron chi connectivity index (χ4n) is 3.12. The van der Waals surface area contributed by atoms with Crippen molar-refractivity contribution in [2.75, 3.05) is 12.4 Å². The topological polar surface area (TPSA) is 69.8 Å². The van der Waals surface area contributed by atoms with Gasteiger partial charge in [0, 0.05) is 30.4 Å². The molecule has 0 saturated carbocycles. The van der Waals surface area contributed by atoms with Crippen LogP contribution in [-0.4, -0.2) is 31.4 Å². The van der Waals surface area contributed by atoms with E-state index in [0.29, 0.717) is 23.8 Å². The molecule has 2 aromatic heterocycles. The molecule has 0 fully saturated rings. The predicted molar refractivity (Wildman–Crippen MR) is 121 cm³/mol. The second-order valence-electron chi connectivity index (χ2n) is 7.12. The first-order chi connectivity index (χ1) is 14.8. The number of methoxy groups -OCH3 is 1. The Kier molecular flexibility index (Phi) is 6.69. The Morgan fingerprint density at radius 2 is 2.10 bits per heavy atom. The van der Waals surface area contributed by atoms with E-state index in [1.807, 2.05) is 49.7 Å². The van der Waals surface area contributed by atoms with Crippen molar-refractivity contribution in [3.63, 3.8) is 0 Å². The van der Waals surface area contributed by atoms with Gasteiger partial charge in [0.15, 0.2) is 0 Å². The first-order valence-electron chi connectivity index (χ1n) is 9.94. The molecule has 1 N–H and O–H groups in total. The van der Waals surface area contributed by atoms with E-state index in [0.717, 1.165) is 22.9 Å². The number of nitrogens with zero attached hydrogens (tertiary/aromatic N) is 5. The van der Waals surface area contributed by atoms with Gasteiger partial charge in [-0.3, -0.25) is 0 Å². The molecule has 0 aliphatic carbocycles. The monoisotopic (exact) mass is 422 g/mol. The summed E-state index contributed by atoms with van der Waals surface area (Å²) in [4.78, 5) is 8.90. The Labute approximate surface area is 181 Å². The van der Waals surface area contributed by atoms with E-state index >= 15 is 0 Å². The average Bonchev–Trinajstić information content (AvgIpc) is 3.37. The van der Waals surface area contributed by atoms with Crippen LogP contribution >= 0.6 is 0 Å². The van der Waals surface area contributed by atoms with Crippen LogP contribution in [0.5, 0.6) is 5.75 Å². The molecule has 0 aliphatic rings. The fraction of sp³-hybridized carbons (Fsp3) is 0.261. The van der Waals surface area contributed by atoms with E-state index in [4.69, 9.17) is 4.74 Å². The Hall–Kier alpha value is -3.68. The molecule has 2 heterocycles. The summed E-state index contributed by atoms with van der Waals surface area (Å²) in [5.74, 6) is 1.23. The zero-order valence-corrected chi connectivity index (χ0v) is 18.3.